The van der Waals surface area contributed by atoms with E-state index in [0.29, 0.717) is 0 Å². The van der Waals surface area contributed by atoms with E-state index in [1.54, 1.807) is 0 Å². The summed E-state index contributed by atoms with van der Waals surface area (Å²) in [4.78, 5) is 54.2. The molecular formula is C15H20N4O14P2. The van der Waals surface area contributed by atoms with Crippen molar-refractivity contribution in [2.45, 2.75) is 24.5 Å². The van der Waals surface area contributed by atoms with Crippen LogP contribution in [0.3, 0.4) is 0 Å². The van der Waals surface area contributed by atoms with Crippen molar-refractivity contribution in [1.29, 1.82) is 0 Å². The molecule has 1 saturated heterocycles. The molecule has 1 fully saturated rings. The van der Waals surface area contributed by atoms with Crippen LogP contribution in [-0.2, 0) is 22.7 Å². The maximum Gasteiger partial charge on any atom is 0.536 e. The zero-order valence-corrected chi connectivity index (χ0v) is 19.1. The van der Waals surface area contributed by atoms with Gasteiger partial charge in [0.1, 0.15) is 24.1 Å². The van der Waals surface area contributed by atoms with Gasteiger partial charge in [-0.2, -0.15) is 4.31 Å². The summed E-state index contributed by atoms with van der Waals surface area (Å²) in [6.45, 7) is -0.946. The molecule has 1 aromatic heterocycles. The van der Waals surface area contributed by atoms with Crippen molar-refractivity contribution in [1.82, 2.24) is 15.7 Å². The summed E-state index contributed by atoms with van der Waals surface area (Å²) < 4.78 is 43.3. The smallest absolute Gasteiger partial charge is 0.404 e. The third-order valence-corrected chi connectivity index (χ3v) is 6.91. The van der Waals surface area contributed by atoms with Crippen LogP contribution in [0, 0.1) is 10.1 Å². The van der Waals surface area contributed by atoms with Crippen LogP contribution in [0.4, 0.5) is 5.69 Å². The summed E-state index contributed by atoms with van der Waals surface area (Å²) in [6, 6.07) is 4.72. The number of nitrogens with one attached hydrogen (secondary N) is 1. The Bertz CT molecular complexity index is 1260. The van der Waals surface area contributed by atoms with Crippen molar-refractivity contribution < 1.29 is 52.1 Å². The molecule has 3 rings (SSSR count). The van der Waals surface area contributed by atoms with Gasteiger partial charge in [0.15, 0.2) is 6.23 Å². The van der Waals surface area contributed by atoms with E-state index in [2.05, 4.69) is 13.4 Å². The number of hydrogen-bond donors (Lipinski definition) is 6. The first-order valence-electron chi connectivity index (χ1n) is 9.06. The molecular weight excluding hydrogens is 522 g/mol. The lowest BCUT2D eigenvalue weighted by Crippen LogP contribution is -2.37. The SMILES string of the molecule is N.O=c1ccn([C@@H]2O[C@H](COP(=O)(O)OP(=O)(O)Oc3ccc([N+](=O)[O-])cc3)[C@@H](O)[C@H]2O)c(=O)[nH]1. The Morgan fingerprint density at radius 2 is 1.71 bits per heavy atom. The Hall–Kier alpha value is -2.76. The number of H-pyrrole nitrogens is 1. The second kappa shape index (κ2) is 10.9. The molecule has 35 heavy (non-hydrogen) atoms. The topological polar surface area (TPSA) is 285 Å². The van der Waals surface area contributed by atoms with Crippen molar-refractivity contribution in [2.75, 3.05) is 6.61 Å². The van der Waals surface area contributed by atoms with Crippen LogP contribution in [0.2, 0.25) is 0 Å². The van der Waals surface area contributed by atoms with Crippen molar-refractivity contribution in [2.24, 2.45) is 0 Å². The summed E-state index contributed by atoms with van der Waals surface area (Å²) >= 11 is 0. The van der Waals surface area contributed by atoms with Gasteiger partial charge in [-0.1, -0.05) is 0 Å². The Labute approximate surface area is 194 Å². The van der Waals surface area contributed by atoms with Crippen LogP contribution in [0.25, 0.3) is 0 Å². The van der Waals surface area contributed by atoms with Gasteiger partial charge < -0.3 is 30.5 Å². The fourth-order valence-corrected chi connectivity index (χ4v) is 4.91. The highest BCUT2D eigenvalue weighted by molar-refractivity contribution is 7.61. The summed E-state index contributed by atoms with van der Waals surface area (Å²) in [7, 11) is -10.6. The molecule has 1 aromatic carbocycles. The van der Waals surface area contributed by atoms with Gasteiger partial charge in [0.2, 0.25) is 0 Å². The second-order valence-electron chi connectivity index (χ2n) is 6.72. The maximum atomic E-state index is 12.1. The van der Waals surface area contributed by atoms with Crippen molar-refractivity contribution in [3.8, 4) is 5.75 Å². The molecule has 0 saturated carbocycles. The standard InChI is InChI=1S/C15H17N3O14P2.H3N/c19-11-5-6-17(15(22)16-11)14-13(21)12(20)10(30-14)7-29-33(25,26)32-34(27,28)31-9-3-1-8(2-4-9)18(23)24;/h1-6,10,12-14,20-21H,7H2,(H,25,26)(H,27,28)(H,16,19,22);1H3/t10-,12-,13-,14-;/m1./s1. The number of nitro groups is 1. The van der Waals surface area contributed by atoms with Crippen LogP contribution in [0.5, 0.6) is 5.75 Å². The molecule has 0 spiro atoms. The maximum absolute atomic E-state index is 12.1. The molecule has 1 aliphatic rings. The molecule has 0 aliphatic carbocycles. The van der Waals surface area contributed by atoms with E-state index < -0.39 is 68.7 Å². The van der Waals surface area contributed by atoms with E-state index in [4.69, 9.17) is 4.74 Å². The summed E-state index contributed by atoms with van der Waals surface area (Å²) in [5.41, 5.74) is -2.04. The number of non-ortho nitro benzene ring substituents is 1. The van der Waals surface area contributed by atoms with Gasteiger partial charge in [0.25, 0.3) is 11.2 Å². The van der Waals surface area contributed by atoms with Crippen molar-refractivity contribution in [3.63, 3.8) is 0 Å². The number of rotatable bonds is 9. The zero-order valence-electron chi connectivity index (χ0n) is 17.3. The highest BCUT2D eigenvalue weighted by Gasteiger charge is 2.46. The normalized spacial score (nSPS) is 25.1. The number of aromatic amines is 1. The summed E-state index contributed by atoms with van der Waals surface area (Å²) in [5, 5.41) is 30.8. The Morgan fingerprint density at radius 1 is 1.09 bits per heavy atom. The molecule has 0 amide bonds. The number of phosphoric ester groups is 2. The second-order valence-corrected chi connectivity index (χ2v) is 9.69. The number of aliphatic hydroxyl groups is 2. The number of hydrogen-bond acceptors (Lipinski definition) is 13. The van der Waals surface area contributed by atoms with Gasteiger partial charge >= 0.3 is 21.3 Å². The average molecular weight is 542 g/mol. The molecule has 2 unspecified atom stereocenters. The van der Waals surface area contributed by atoms with Gasteiger partial charge in [-0.3, -0.25) is 33.9 Å². The first-order chi connectivity index (χ1) is 15.8. The van der Waals surface area contributed by atoms with E-state index in [9.17, 15) is 48.8 Å². The number of benzene rings is 1. The lowest BCUT2D eigenvalue weighted by atomic mass is 10.1. The van der Waals surface area contributed by atoms with Crippen molar-refractivity contribution >= 4 is 21.3 Å². The number of aliphatic hydroxyl groups excluding tert-OH is 2. The largest absolute Gasteiger partial charge is 0.536 e. The third-order valence-electron chi connectivity index (χ3n) is 4.34. The van der Waals surface area contributed by atoms with Gasteiger partial charge in [-0.05, 0) is 12.1 Å². The van der Waals surface area contributed by atoms with Crippen LogP contribution in [0.15, 0.2) is 46.1 Å². The van der Waals surface area contributed by atoms with E-state index >= 15 is 0 Å². The van der Waals surface area contributed by atoms with E-state index in [-0.39, 0.29) is 11.8 Å². The minimum absolute atomic E-state index is 0. The quantitative estimate of drug-likeness (QED) is 0.133. The van der Waals surface area contributed by atoms with E-state index in [1.807, 2.05) is 4.98 Å². The molecule has 20 heteroatoms. The minimum Gasteiger partial charge on any atom is -0.404 e. The molecule has 18 nitrogen and oxygen atoms in total. The molecule has 194 valence electrons. The van der Waals surface area contributed by atoms with Crippen molar-refractivity contribution in [3.05, 3.63) is 67.5 Å². The summed E-state index contributed by atoms with van der Waals surface area (Å²) in [5.74, 6) is -0.400. The average Bonchev–Trinajstić information content (AvgIpc) is 3.00. The predicted molar refractivity (Wildman–Crippen MR) is 113 cm³/mol. The molecule has 2 aromatic rings. The lowest BCUT2D eigenvalue weighted by Gasteiger charge is -2.19. The molecule has 6 atom stereocenters. The number of aromatic nitrogens is 2. The Kier molecular flexibility index (Phi) is 8.85. The number of ether oxygens (including phenoxy) is 1. The van der Waals surface area contributed by atoms with E-state index in [0.717, 1.165) is 41.1 Å². The van der Waals surface area contributed by atoms with Gasteiger partial charge in [-0.25, -0.2) is 13.9 Å². The number of phosphoric acid groups is 2. The highest BCUT2D eigenvalue weighted by atomic mass is 31.3. The predicted octanol–water partition coefficient (Wildman–Crippen LogP) is -0.461. The molecule has 1 aliphatic heterocycles. The van der Waals surface area contributed by atoms with Crippen LogP contribution < -0.4 is 21.9 Å². The van der Waals surface area contributed by atoms with E-state index in [1.165, 1.54) is 0 Å². The molecule has 2 heterocycles. The van der Waals surface area contributed by atoms with Crippen LogP contribution in [0.1, 0.15) is 6.23 Å². The van der Waals surface area contributed by atoms with Gasteiger partial charge in [0.05, 0.1) is 11.5 Å². The Morgan fingerprint density at radius 3 is 2.29 bits per heavy atom. The van der Waals surface area contributed by atoms with Crippen LogP contribution >= 0.6 is 15.6 Å². The third kappa shape index (κ3) is 7.12. The molecule has 0 radical (unpaired) electrons. The fourth-order valence-electron chi connectivity index (χ4n) is 2.82. The van der Waals surface area contributed by atoms with Crippen LogP contribution in [-0.4, -0.2) is 59.4 Å². The fraction of sp³-hybridized carbons (Fsp3) is 0.333. The first kappa shape index (κ1) is 28.5. The summed E-state index contributed by atoms with van der Waals surface area (Å²) in [6.07, 6.45) is -5.47. The first-order valence-corrected chi connectivity index (χ1v) is 12.1. The zero-order chi connectivity index (χ0) is 25.3. The Balaban J connectivity index is 0.00000432. The lowest BCUT2D eigenvalue weighted by molar-refractivity contribution is -0.384. The molecule has 0 bridgehead atoms. The monoisotopic (exact) mass is 542 g/mol. The van der Waals surface area contributed by atoms with Gasteiger partial charge in [0, 0.05) is 24.4 Å². The number of nitrogens with zero attached hydrogens (tertiary/aromatic N) is 2. The minimum atomic E-state index is -5.32. The highest BCUT2D eigenvalue weighted by Crippen LogP contribution is 2.60. The number of nitro benzene ring substituents is 1. The van der Waals surface area contributed by atoms with Gasteiger partial charge in [-0.15, -0.1) is 0 Å². The molecule has 8 N–H and O–H groups in total.